The highest BCUT2D eigenvalue weighted by atomic mass is 32.1. The third-order valence-corrected chi connectivity index (χ3v) is 18.6. The molecule has 6 aromatic carbocycles. The molecule has 0 atom stereocenters. The van der Waals surface area contributed by atoms with E-state index in [0.717, 1.165) is 27.9 Å². The van der Waals surface area contributed by atoms with Crippen molar-refractivity contribution in [3.8, 4) is 89.4 Å². The predicted molar refractivity (Wildman–Crippen MR) is 481 cm³/mol. The lowest BCUT2D eigenvalue weighted by atomic mass is 10.2. The summed E-state index contributed by atoms with van der Waals surface area (Å²) in [6.07, 6.45) is 11.1. The SMILES string of the molecule is CC(C)Oc1cc(OC(C)C)cc(C(=O)Nc2ncc(Oc3cccc4ncccc34)s2)c1.Cc1ccc(Oc2cnc(NC(=O)c3cc(OC(C)C)cc(OC(C)C)c3)s2)cn1.Cc1cccc(Oc2cnc(NC(=O)c3cc(OC(C)C)cc(OC(C)C)c3)s2)c1.Cc1nccc(Oc2cnc(NC(=O)c3cc(OC(C)C)cc(OC(C)C)c3)s2)n1. The van der Waals surface area contributed by atoms with Crippen LogP contribution in [0.15, 0.2) is 189 Å². The number of nitrogens with one attached hydrogen (secondary N) is 4. The van der Waals surface area contributed by atoms with Crippen LogP contribution in [-0.2, 0) is 0 Å². The summed E-state index contributed by atoms with van der Waals surface area (Å²) >= 11 is 4.93. The maximum Gasteiger partial charge on any atom is 0.257 e. The number of aromatic nitrogens is 8. The van der Waals surface area contributed by atoms with Crippen molar-refractivity contribution in [2.45, 2.75) is 180 Å². The molecule has 123 heavy (non-hydrogen) atoms. The lowest BCUT2D eigenvalue weighted by Gasteiger charge is -2.15. The molecule has 4 N–H and O–H groups in total. The first-order valence-corrected chi connectivity index (χ1v) is 42.8. The number of hydrogen-bond donors (Lipinski definition) is 4. The molecule has 7 aromatic heterocycles. The fourth-order valence-corrected chi connectivity index (χ4v) is 13.7. The Morgan fingerprint density at radius 2 is 0.650 bits per heavy atom. The van der Waals surface area contributed by atoms with Gasteiger partial charge in [-0.2, -0.15) is 4.98 Å². The van der Waals surface area contributed by atoms with Gasteiger partial charge in [-0.05, 0) is 234 Å². The lowest BCUT2D eigenvalue weighted by molar-refractivity contribution is 0.101. The molecule has 0 unspecified atom stereocenters. The average molecular weight is 1750 g/mol. The zero-order chi connectivity index (χ0) is 88.4. The van der Waals surface area contributed by atoms with Crippen molar-refractivity contribution in [2.75, 3.05) is 21.3 Å². The Morgan fingerprint density at radius 3 is 0.992 bits per heavy atom. The molecule has 13 rings (SSSR count). The number of pyridine rings is 2. The van der Waals surface area contributed by atoms with Gasteiger partial charge in [-0.3, -0.25) is 50.4 Å². The second kappa shape index (κ2) is 44.5. The number of rotatable bonds is 32. The van der Waals surface area contributed by atoms with Crippen molar-refractivity contribution in [1.82, 2.24) is 39.9 Å². The van der Waals surface area contributed by atoms with E-state index in [1.54, 1.807) is 123 Å². The molecule has 0 aliphatic rings. The van der Waals surface area contributed by atoms with E-state index in [-0.39, 0.29) is 72.5 Å². The van der Waals surface area contributed by atoms with Gasteiger partial charge in [-0.15, -0.1) is 0 Å². The largest absolute Gasteiger partial charge is 0.491 e. The standard InChI is InChI=1S/C25H25N3O4S.C23H26N2O4S.C22H25N3O4S.C21H24N4O4S/c1-15(2)30-18-11-17(12-19(13-18)31-16(3)4)24(29)28-25-27-14-23(33-25)32-22-9-5-8-21-20(22)7-6-10-26-21;1-14(2)27-19-10-17(11-20(12-19)28-15(3)4)22(26)25-23-24-13-21(30-23)29-18-8-6-7-16(5)9-18;1-13(2)27-18-8-16(9-19(10-18)28-14(3)4)21(26)25-22-24-12-20(30-22)29-17-7-6-15(5)23-11-17;1-12(2)27-16-8-15(9-17(10-16)28-13(3)4)20(26)25-21-23-11-19(30-21)29-18-6-7-22-14(5)24-18/h5-16H,1-4H3,(H,27,28,29);6-15H,1-5H3,(H,24,25,26);6-14H,1-5H3,(H,24,25,26);6-13H,1-5H3,(H,23,25,26). The van der Waals surface area contributed by atoms with Crippen LogP contribution in [0.5, 0.6) is 89.4 Å². The summed E-state index contributed by atoms with van der Waals surface area (Å²) in [6.45, 7) is 36.5. The maximum atomic E-state index is 12.9. The van der Waals surface area contributed by atoms with Crippen molar-refractivity contribution in [3.05, 3.63) is 228 Å². The Morgan fingerprint density at radius 1 is 0.301 bits per heavy atom. The van der Waals surface area contributed by atoms with Gasteiger partial charge >= 0.3 is 0 Å². The van der Waals surface area contributed by atoms with Crippen LogP contribution < -0.4 is 78.1 Å². The van der Waals surface area contributed by atoms with Crippen LogP contribution in [0.4, 0.5) is 20.5 Å². The highest BCUT2D eigenvalue weighted by Gasteiger charge is 2.22. The third kappa shape index (κ3) is 30.6. The van der Waals surface area contributed by atoms with Crippen LogP contribution >= 0.6 is 45.3 Å². The lowest BCUT2D eigenvalue weighted by Crippen LogP contribution is -2.14. The Labute approximate surface area is 731 Å². The summed E-state index contributed by atoms with van der Waals surface area (Å²) in [7, 11) is 0. The average Bonchev–Trinajstić information content (AvgIpc) is 1.74. The van der Waals surface area contributed by atoms with E-state index in [9.17, 15) is 19.2 Å². The molecular weight excluding hydrogens is 1650 g/mol. The predicted octanol–water partition coefficient (Wildman–Crippen LogP) is 22.7. The van der Waals surface area contributed by atoms with Gasteiger partial charge in [0.2, 0.25) is 26.1 Å². The number of anilines is 4. The van der Waals surface area contributed by atoms with Gasteiger partial charge in [0.25, 0.3) is 23.6 Å². The number of carbonyl (C=O) groups is 4. The number of fused-ring (bicyclic) bond motifs is 1. The van der Waals surface area contributed by atoms with E-state index < -0.39 is 0 Å². The van der Waals surface area contributed by atoms with Crippen molar-refractivity contribution in [1.29, 1.82) is 0 Å². The van der Waals surface area contributed by atoms with Gasteiger partial charge in [0, 0.05) is 76.1 Å². The summed E-state index contributed by atoms with van der Waals surface area (Å²) in [5.41, 5.74) is 4.53. The molecule has 0 saturated carbocycles. The summed E-state index contributed by atoms with van der Waals surface area (Å²) in [4.78, 5) is 85.0. The first-order chi connectivity index (χ1) is 58.7. The van der Waals surface area contributed by atoms with Crippen LogP contribution in [0.2, 0.25) is 0 Å². The number of hydrogen-bond acceptors (Lipinski definition) is 28. The van der Waals surface area contributed by atoms with Crippen LogP contribution in [0, 0.1) is 20.8 Å². The highest BCUT2D eigenvalue weighted by molar-refractivity contribution is 7.18. The summed E-state index contributed by atoms with van der Waals surface area (Å²) in [5, 5.41) is 16.0. The van der Waals surface area contributed by atoms with Gasteiger partial charge in [0.15, 0.2) is 20.5 Å². The molecule has 0 aliphatic carbocycles. The van der Waals surface area contributed by atoms with Crippen LogP contribution in [0.25, 0.3) is 10.9 Å². The molecule has 0 fully saturated rings. The van der Waals surface area contributed by atoms with Crippen LogP contribution in [0.1, 0.15) is 169 Å². The summed E-state index contributed by atoms with van der Waals surface area (Å²) in [5.74, 6) is 6.37. The molecule has 644 valence electrons. The molecule has 32 heteroatoms. The molecule has 0 radical (unpaired) electrons. The molecule has 7 heterocycles. The third-order valence-electron chi connectivity index (χ3n) is 15.4. The minimum atomic E-state index is -0.323. The van der Waals surface area contributed by atoms with Crippen molar-refractivity contribution < 1.29 is 76.0 Å². The van der Waals surface area contributed by atoms with E-state index >= 15 is 0 Å². The van der Waals surface area contributed by atoms with Gasteiger partial charge in [0.05, 0.1) is 85.3 Å². The minimum Gasteiger partial charge on any atom is -0.491 e. The zero-order valence-electron chi connectivity index (χ0n) is 71.8. The molecule has 4 amide bonds. The fourth-order valence-electron chi connectivity index (χ4n) is 11.0. The topological polar surface area (TPSA) is 330 Å². The van der Waals surface area contributed by atoms with E-state index in [0.29, 0.717) is 132 Å². The number of nitrogens with zero attached hydrogens (tertiary/aromatic N) is 8. The number of benzene rings is 6. The zero-order valence-corrected chi connectivity index (χ0v) is 75.0. The molecule has 28 nitrogen and oxygen atoms in total. The van der Waals surface area contributed by atoms with E-state index in [1.807, 2.05) is 191 Å². The van der Waals surface area contributed by atoms with Crippen molar-refractivity contribution in [3.63, 3.8) is 0 Å². The van der Waals surface area contributed by atoms with Gasteiger partial charge in [-0.25, -0.2) is 24.9 Å². The van der Waals surface area contributed by atoms with E-state index in [4.69, 9.17) is 56.8 Å². The van der Waals surface area contributed by atoms with Gasteiger partial charge < -0.3 is 56.8 Å². The number of aryl methyl sites for hydroxylation is 3. The number of ether oxygens (including phenoxy) is 12. The number of amides is 4. The Balaban J connectivity index is 0.000000172. The van der Waals surface area contributed by atoms with Crippen LogP contribution in [-0.4, -0.2) is 112 Å². The van der Waals surface area contributed by atoms with Crippen molar-refractivity contribution >= 4 is 100 Å². The fraction of sp³-hybridized carbons (Fsp3) is 0.297. The second-order valence-electron chi connectivity index (χ2n) is 29.5. The minimum absolute atomic E-state index is 0.0181. The molecule has 0 spiro atoms. The van der Waals surface area contributed by atoms with E-state index in [2.05, 4.69) is 61.1 Å². The Hall–Kier alpha value is -13.0. The van der Waals surface area contributed by atoms with Gasteiger partial charge in [-0.1, -0.05) is 63.5 Å². The van der Waals surface area contributed by atoms with Crippen LogP contribution in [0.3, 0.4) is 0 Å². The Bertz CT molecular complexity index is 5390. The van der Waals surface area contributed by atoms with Gasteiger partial charge in [0.1, 0.15) is 69.1 Å². The highest BCUT2D eigenvalue weighted by Crippen LogP contribution is 2.38. The summed E-state index contributed by atoms with van der Waals surface area (Å²) in [6, 6.07) is 43.2. The number of carbonyl (C=O) groups excluding carboxylic acids is 4. The summed E-state index contributed by atoms with van der Waals surface area (Å²) < 4.78 is 69.3. The smallest absolute Gasteiger partial charge is 0.257 e. The normalized spacial score (nSPS) is 11.0. The quantitative estimate of drug-likeness (QED) is 0.0304. The van der Waals surface area contributed by atoms with E-state index in [1.165, 1.54) is 51.5 Å². The molecule has 0 saturated heterocycles. The van der Waals surface area contributed by atoms with Crippen molar-refractivity contribution in [2.24, 2.45) is 0 Å². The first kappa shape index (κ1) is 92.3. The Kier molecular flexibility index (Phi) is 33.4. The maximum absolute atomic E-state index is 12.9. The number of thiazole rings is 4. The second-order valence-corrected chi connectivity index (χ2v) is 33.5. The molecule has 0 bridgehead atoms. The monoisotopic (exact) mass is 1740 g/mol. The molecular formula is C91H100N12O16S4. The first-order valence-electron chi connectivity index (χ1n) is 39.6. The molecule has 0 aliphatic heterocycles. The molecule has 13 aromatic rings.